The molecule has 0 spiro atoms. The maximum atomic E-state index is 12.7. The van der Waals surface area contributed by atoms with Crippen molar-refractivity contribution in [1.82, 2.24) is 9.97 Å². The largest absolute Gasteiger partial charge is 0.453 e. The average Bonchev–Trinajstić information content (AvgIpc) is 2.31. The van der Waals surface area contributed by atoms with Gasteiger partial charge < -0.3 is 4.74 Å². The van der Waals surface area contributed by atoms with Crippen molar-refractivity contribution < 1.29 is 17.9 Å². The van der Waals surface area contributed by atoms with Crippen molar-refractivity contribution in [1.29, 1.82) is 0 Å². The Hall–Kier alpha value is -1.63. The van der Waals surface area contributed by atoms with Crippen molar-refractivity contribution in [2.24, 2.45) is 0 Å². The third-order valence-electron chi connectivity index (χ3n) is 2.02. The predicted molar refractivity (Wildman–Crippen MR) is 61.3 cm³/mol. The number of rotatable bonds is 2. The minimum atomic E-state index is -4.47. The number of hydrogen-bond donors (Lipinski definition) is 0. The molecule has 2 rings (SSSR count). The van der Waals surface area contributed by atoms with E-state index in [4.69, 9.17) is 4.74 Å². The Balaban J connectivity index is 2.32. The second kappa shape index (κ2) is 4.93. The van der Waals surface area contributed by atoms with E-state index in [1.165, 1.54) is 30.6 Å². The first kappa shape index (κ1) is 12.8. The lowest BCUT2D eigenvalue weighted by Crippen LogP contribution is -2.06. The van der Waals surface area contributed by atoms with Crippen LogP contribution in [0.4, 0.5) is 13.2 Å². The van der Waals surface area contributed by atoms with Gasteiger partial charge in [-0.1, -0.05) is 12.1 Å². The SMILES string of the molecule is FC(F)(F)c1ccccc1Oc1cnc(Br)nc1. The number of hydrogen-bond acceptors (Lipinski definition) is 3. The first-order chi connectivity index (χ1) is 8.47. The first-order valence-corrected chi connectivity index (χ1v) is 5.58. The quantitative estimate of drug-likeness (QED) is 0.783. The molecule has 0 aliphatic carbocycles. The maximum absolute atomic E-state index is 12.7. The lowest BCUT2D eigenvalue weighted by molar-refractivity contribution is -0.138. The predicted octanol–water partition coefficient (Wildman–Crippen LogP) is 4.05. The fourth-order valence-corrected chi connectivity index (χ4v) is 1.47. The van der Waals surface area contributed by atoms with Crippen molar-refractivity contribution in [3.8, 4) is 11.5 Å². The average molecular weight is 319 g/mol. The smallest absolute Gasteiger partial charge is 0.419 e. The van der Waals surface area contributed by atoms with Crippen LogP contribution in [0.5, 0.6) is 11.5 Å². The summed E-state index contributed by atoms with van der Waals surface area (Å²) in [5.74, 6) is -0.147. The summed E-state index contributed by atoms with van der Waals surface area (Å²) in [6, 6.07) is 4.96. The highest BCUT2D eigenvalue weighted by molar-refractivity contribution is 9.10. The topological polar surface area (TPSA) is 35.0 Å². The fraction of sp³-hybridized carbons (Fsp3) is 0.0909. The minimum Gasteiger partial charge on any atom is -0.453 e. The summed E-state index contributed by atoms with van der Waals surface area (Å²) in [7, 11) is 0. The number of nitrogens with zero attached hydrogens (tertiary/aromatic N) is 2. The van der Waals surface area contributed by atoms with Crippen LogP contribution >= 0.6 is 15.9 Å². The van der Waals surface area contributed by atoms with Crippen molar-refractivity contribution in [2.45, 2.75) is 6.18 Å². The summed E-state index contributed by atoms with van der Waals surface area (Å²) >= 11 is 3.02. The number of alkyl halides is 3. The van der Waals surface area contributed by atoms with E-state index >= 15 is 0 Å². The lowest BCUT2D eigenvalue weighted by atomic mass is 10.2. The summed E-state index contributed by atoms with van der Waals surface area (Å²) < 4.78 is 43.5. The first-order valence-electron chi connectivity index (χ1n) is 4.78. The number of benzene rings is 1. The molecule has 0 aliphatic heterocycles. The zero-order chi connectivity index (χ0) is 13.2. The molecule has 1 heterocycles. The van der Waals surface area contributed by atoms with Crippen molar-refractivity contribution in [3.63, 3.8) is 0 Å². The molecule has 1 aromatic heterocycles. The molecule has 0 radical (unpaired) electrons. The monoisotopic (exact) mass is 318 g/mol. The molecule has 0 N–H and O–H groups in total. The molecule has 0 saturated heterocycles. The van der Waals surface area contributed by atoms with Gasteiger partial charge in [0.25, 0.3) is 0 Å². The number of aromatic nitrogens is 2. The standard InChI is InChI=1S/C11H6BrF3N2O/c12-10-16-5-7(6-17-10)18-9-4-2-1-3-8(9)11(13,14)15/h1-6H. The van der Waals surface area contributed by atoms with E-state index in [1.807, 2.05) is 0 Å². The Morgan fingerprint density at radius 3 is 2.28 bits per heavy atom. The van der Waals surface area contributed by atoms with Crippen LogP contribution in [-0.2, 0) is 6.18 Å². The Kier molecular flexibility index (Phi) is 3.51. The van der Waals surface area contributed by atoms with Gasteiger partial charge in [0.1, 0.15) is 5.75 Å². The highest BCUT2D eigenvalue weighted by Crippen LogP contribution is 2.37. The third-order valence-corrected chi connectivity index (χ3v) is 2.43. The molecule has 18 heavy (non-hydrogen) atoms. The summed E-state index contributed by atoms with van der Waals surface area (Å²) in [6.45, 7) is 0. The van der Waals surface area contributed by atoms with Gasteiger partial charge in [0.05, 0.1) is 18.0 Å². The van der Waals surface area contributed by atoms with Crippen LogP contribution in [0.25, 0.3) is 0 Å². The number of halogens is 4. The van der Waals surface area contributed by atoms with Gasteiger partial charge in [-0.3, -0.25) is 0 Å². The molecule has 1 aromatic carbocycles. The zero-order valence-electron chi connectivity index (χ0n) is 8.78. The molecular weight excluding hydrogens is 313 g/mol. The van der Waals surface area contributed by atoms with Gasteiger partial charge in [-0.25, -0.2) is 9.97 Å². The van der Waals surface area contributed by atoms with Crippen LogP contribution < -0.4 is 4.74 Å². The normalized spacial score (nSPS) is 11.3. The van der Waals surface area contributed by atoms with Gasteiger partial charge in [0.2, 0.25) is 0 Å². The number of para-hydroxylation sites is 1. The van der Waals surface area contributed by atoms with Gasteiger partial charge >= 0.3 is 6.18 Å². The summed E-state index contributed by atoms with van der Waals surface area (Å²) in [5, 5.41) is 0. The Morgan fingerprint density at radius 1 is 1.06 bits per heavy atom. The highest BCUT2D eigenvalue weighted by Gasteiger charge is 2.34. The molecule has 0 bridgehead atoms. The van der Waals surface area contributed by atoms with E-state index in [-0.39, 0.29) is 11.5 Å². The maximum Gasteiger partial charge on any atom is 0.419 e. The molecule has 94 valence electrons. The van der Waals surface area contributed by atoms with Crippen LogP contribution in [0, 0.1) is 0 Å². The lowest BCUT2D eigenvalue weighted by Gasteiger charge is -2.12. The second-order valence-corrected chi connectivity index (χ2v) is 3.99. The van der Waals surface area contributed by atoms with Gasteiger partial charge in [0, 0.05) is 0 Å². The molecular formula is C11H6BrF3N2O. The molecule has 0 aliphatic rings. The van der Waals surface area contributed by atoms with Crippen molar-refractivity contribution in [3.05, 3.63) is 47.0 Å². The van der Waals surface area contributed by atoms with Crippen molar-refractivity contribution >= 4 is 15.9 Å². The van der Waals surface area contributed by atoms with Crippen LogP contribution in [0.2, 0.25) is 0 Å². The zero-order valence-corrected chi connectivity index (χ0v) is 10.4. The van der Waals surface area contributed by atoms with Gasteiger partial charge in [0.15, 0.2) is 10.5 Å². The fourth-order valence-electron chi connectivity index (χ4n) is 1.27. The molecule has 0 fully saturated rings. The van der Waals surface area contributed by atoms with Gasteiger partial charge in [-0.05, 0) is 28.1 Å². The Morgan fingerprint density at radius 2 is 1.67 bits per heavy atom. The van der Waals surface area contributed by atoms with Crippen molar-refractivity contribution in [2.75, 3.05) is 0 Å². The number of ether oxygens (including phenoxy) is 1. The third kappa shape index (κ3) is 2.98. The molecule has 3 nitrogen and oxygen atoms in total. The van der Waals surface area contributed by atoms with Gasteiger partial charge in [-0.15, -0.1) is 0 Å². The summed E-state index contributed by atoms with van der Waals surface area (Å²) in [6.07, 6.45) is -1.90. The van der Waals surface area contributed by atoms with Crippen LogP contribution in [-0.4, -0.2) is 9.97 Å². The second-order valence-electron chi connectivity index (χ2n) is 3.28. The summed E-state index contributed by atoms with van der Waals surface area (Å²) in [5.41, 5.74) is -0.840. The van der Waals surface area contributed by atoms with E-state index in [0.717, 1.165) is 6.07 Å². The highest BCUT2D eigenvalue weighted by atomic mass is 79.9. The molecule has 0 atom stereocenters. The van der Waals surface area contributed by atoms with E-state index in [9.17, 15) is 13.2 Å². The van der Waals surface area contributed by atoms with Crippen LogP contribution in [0.1, 0.15) is 5.56 Å². The van der Waals surface area contributed by atoms with E-state index < -0.39 is 11.7 Å². The summed E-state index contributed by atoms with van der Waals surface area (Å²) in [4.78, 5) is 7.53. The molecule has 2 aromatic rings. The molecule has 0 amide bonds. The van der Waals surface area contributed by atoms with Gasteiger partial charge in [-0.2, -0.15) is 13.2 Å². The van der Waals surface area contributed by atoms with Crippen LogP contribution in [0.3, 0.4) is 0 Å². The molecule has 0 unspecified atom stereocenters. The van der Waals surface area contributed by atoms with E-state index in [1.54, 1.807) is 0 Å². The van der Waals surface area contributed by atoms with E-state index in [2.05, 4.69) is 25.9 Å². The van der Waals surface area contributed by atoms with E-state index in [0.29, 0.717) is 4.73 Å². The molecule has 7 heteroatoms. The Bertz CT molecular complexity index is 543. The van der Waals surface area contributed by atoms with Crippen LogP contribution in [0.15, 0.2) is 41.4 Å². The Labute approximate surface area is 109 Å². The molecule has 0 saturated carbocycles. The minimum absolute atomic E-state index is 0.134.